The van der Waals surface area contributed by atoms with E-state index in [2.05, 4.69) is 32.6 Å². The third-order valence-electron chi connectivity index (χ3n) is 2.46. The molecule has 17 heavy (non-hydrogen) atoms. The number of carbonyl (C=O) groups is 1. The van der Waals surface area contributed by atoms with Crippen LogP contribution in [0.5, 0.6) is 0 Å². The molecule has 0 rings (SSSR count). The summed E-state index contributed by atoms with van der Waals surface area (Å²) in [4.78, 5) is 10.9. The Morgan fingerprint density at radius 2 is 1.88 bits per heavy atom. The topological polar surface area (TPSA) is 26.3 Å². The molecule has 0 bridgehead atoms. The van der Waals surface area contributed by atoms with Crippen LogP contribution in [-0.2, 0) is 9.53 Å². The molecule has 100 valence electrons. The number of rotatable bonds is 8. The van der Waals surface area contributed by atoms with Gasteiger partial charge < -0.3 is 4.74 Å². The second kappa shape index (κ2) is 8.51. The van der Waals surface area contributed by atoms with Gasteiger partial charge in [-0.05, 0) is 24.5 Å². The SMILES string of the molecule is CCCCC/C=C(\COC(C)=O)C[Si](C)(C)C. The summed E-state index contributed by atoms with van der Waals surface area (Å²) in [6, 6.07) is 1.13. The first-order chi connectivity index (χ1) is 7.85. The number of carbonyl (C=O) groups excluding carboxylic acids is 1. The summed E-state index contributed by atoms with van der Waals surface area (Å²) in [5.74, 6) is -0.181. The number of unbranched alkanes of at least 4 members (excludes halogenated alkanes) is 3. The number of ether oxygens (including phenoxy) is 1. The van der Waals surface area contributed by atoms with Gasteiger partial charge in [-0.3, -0.25) is 4.79 Å². The van der Waals surface area contributed by atoms with E-state index in [0.29, 0.717) is 6.61 Å². The monoisotopic (exact) mass is 256 g/mol. The van der Waals surface area contributed by atoms with Crippen LogP contribution in [0.1, 0.15) is 39.5 Å². The molecule has 2 nitrogen and oxygen atoms in total. The van der Waals surface area contributed by atoms with E-state index in [1.54, 1.807) is 0 Å². The average Bonchev–Trinajstić information content (AvgIpc) is 2.18. The predicted octanol–water partition coefficient (Wildman–Crippen LogP) is 4.39. The van der Waals surface area contributed by atoms with E-state index >= 15 is 0 Å². The second-order valence-corrected chi connectivity index (χ2v) is 11.4. The van der Waals surface area contributed by atoms with Gasteiger partial charge in [-0.1, -0.05) is 45.5 Å². The molecule has 0 heterocycles. The zero-order valence-corrected chi connectivity index (χ0v) is 13.1. The van der Waals surface area contributed by atoms with Crippen LogP contribution in [0.15, 0.2) is 11.6 Å². The molecule has 0 aromatic heterocycles. The van der Waals surface area contributed by atoms with Crippen LogP contribution in [0, 0.1) is 0 Å². The van der Waals surface area contributed by atoms with Crippen molar-refractivity contribution in [3.05, 3.63) is 11.6 Å². The largest absolute Gasteiger partial charge is 0.461 e. The maximum absolute atomic E-state index is 10.9. The molecule has 0 aliphatic carbocycles. The fraction of sp³-hybridized carbons (Fsp3) is 0.786. The quantitative estimate of drug-likeness (QED) is 0.278. The van der Waals surface area contributed by atoms with Crippen molar-refractivity contribution in [2.45, 2.75) is 65.2 Å². The zero-order chi connectivity index (χ0) is 13.3. The first-order valence-corrected chi connectivity index (χ1v) is 10.4. The van der Waals surface area contributed by atoms with Gasteiger partial charge in [-0.2, -0.15) is 0 Å². The van der Waals surface area contributed by atoms with Crippen molar-refractivity contribution in [1.29, 1.82) is 0 Å². The Balaban J connectivity index is 4.23. The highest BCUT2D eigenvalue weighted by molar-refractivity contribution is 6.76. The summed E-state index contributed by atoms with van der Waals surface area (Å²) in [7, 11) is -1.12. The molecule has 0 N–H and O–H groups in total. The summed E-state index contributed by atoms with van der Waals surface area (Å²) < 4.78 is 5.12. The minimum Gasteiger partial charge on any atom is -0.461 e. The lowest BCUT2D eigenvalue weighted by molar-refractivity contribution is -0.139. The fourth-order valence-electron chi connectivity index (χ4n) is 1.76. The van der Waals surface area contributed by atoms with Gasteiger partial charge in [0, 0.05) is 15.0 Å². The molecule has 0 saturated carbocycles. The van der Waals surface area contributed by atoms with Crippen LogP contribution in [0.4, 0.5) is 0 Å². The van der Waals surface area contributed by atoms with Crippen LogP contribution >= 0.6 is 0 Å². The number of allylic oxidation sites excluding steroid dienone is 1. The molecule has 0 aromatic rings. The molecule has 0 aromatic carbocycles. The molecule has 0 fully saturated rings. The van der Waals surface area contributed by atoms with Gasteiger partial charge in [-0.25, -0.2) is 0 Å². The van der Waals surface area contributed by atoms with Gasteiger partial charge in [0.2, 0.25) is 0 Å². The van der Waals surface area contributed by atoms with Crippen LogP contribution in [-0.4, -0.2) is 20.7 Å². The minimum atomic E-state index is -1.12. The highest BCUT2D eigenvalue weighted by Crippen LogP contribution is 2.18. The first kappa shape index (κ1) is 16.4. The Labute approximate surface area is 107 Å². The van der Waals surface area contributed by atoms with E-state index in [0.717, 1.165) is 12.5 Å². The van der Waals surface area contributed by atoms with Crippen molar-refractivity contribution in [3.8, 4) is 0 Å². The molecule has 0 spiro atoms. The zero-order valence-electron chi connectivity index (χ0n) is 12.1. The third kappa shape index (κ3) is 11.7. The van der Waals surface area contributed by atoms with E-state index in [-0.39, 0.29) is 5.97 Å². The smallest absolute Gasteiger partial charge is 0.302 e. The minimum absolute atomic E-state index is 0.181. The van der Waals surface area contributed by atoms with Gasteiger partial charge >= 0.3 is 5.97 Å². The molecule has 0 aliphatic heterocycles. The van der Waals surface area contributed by atoms with Gasteiger partial charge in [0.1, 0.15) is 6.61 Å². The van der Waals surface area contributed by atoms with Crippen molar-refractivity contribution in [2.75, 3.05) is 6.61 Å². The van der Waals surface area contributed by atoms with Gasteiger partial charge in [0.05, 0.1) is 0 Å². The second-order valence-electron chi connectivity index (χ2n) is 5.88. The Bertz CT molecular complexity index is 251. The summed E-state index contributed by atoms with van der Waals surface area (Å²) in [5.41, 5.74) is 1.32. The standard InChI is InChI=1S/C14H28O2Si/c1-6-7-8-9-10-14(11-16-13(2)15)12-17(3,4)5/h10H,6-9,11-12H2,1-5H3/b14-10+. The normalized spacial score (nSPS) is 12.6. The molecule has 0 saturated heterocycles. The molecule has 0 unspecified atom stereocenters. The van der Waals surface area contributed by atoms with Gasteiger partial charge in [0.15, 0.2) is 0 Å². The van der Waals surface area contributed by atoms with E-state index in [1.165, 1.54) is 31.8 Å². The lowest BCUT2D eigenvalue weighted by Crippen LogP contribution is -2.21. The number of hydrogen-bond donors (Lipinski definition) is 0. The maximum Gasteiger partial charge on any atom is 0.302 e. The van der Waals surface area contributed by atoms with E-state index in [4.69, 9.17) is 4.74 Å². The Morgan fingerprint density at radius 3 is 2.35 bits per heavy atom. The van der Waals surface area contributed by atoms with Crippen molar-refractivity contribution >= 4 is 14.0 Å². The maximum atomic E-state index is 10.9. The highest BCUT2D eigenvalue weighted by Gasteiger charge is 2.15. The van der Waals surface area contributed by atoms with Crippen molar-refractivity contribution in [2.24, 2.45) is 0 Å². The number of hydrogen-bond acceptors (Lipinski definition) is 2. The van der Waals surface area contributed by atoms with Gasteiger partial charge in [0.25, 0.3) is 0 Å². The summed E-state index contributed by atoms with van der Waals surface area (Å²) in [5, 5.41) is 0. The fourth-order valence-corrected chi connectivity index (χ4v) is 3.37. The molecule has 0 radical (unpaired) electrons. The lowest BCUT2D eigenvalue weighted by Gasteiger charge is -2.18. The van der Waals surface area contributed by atoms with E-state index < -0.39 is 8.07 Å². The summed E-state index contributed by atoms with van der Waals surface area (Å²) >= 11 is 0. The molecular weight excluding hydrogens is 228 g/mol. The average molecular weight is 256 g/mol. The molecule has 3 heteroatoms. The predicted molar refractivity (Wildman–Crippen MR) is 77.0 cm³/mol. The van der Waals surface area contributed by atoms with Crippen LogP contribution in [0.3, 0.4) is 0 Å². The van der Waals surface area contributed by atoms with Crippen LogP contribution in [0.2, 0.25) is 25.7 Å². The Morgan fingerprint density at radius 1 is 1.24 bits per heavy atom. The summed E-state index contributed by atoms with van der Waals surface area (Å²) in [6.45, 7) is 11.2. The molecular formula is C14H28O2Si. The summed E-state index contributed by atoms with van der Waals surface area (Å²) in [6.07, 6.45) is 7.18. The molecule has 0 amide bonds. The Hall–Kier alpha value is -0.573. The van der Waals surface area contributed by atoms with Crippen LogP contribution < -0.4 is 0 Å². The van der Waals surface area contributed by atoms with Crippen molar-refractivity contribution in [3.63, 3.8) is 0 Å². The van der Waals surface area contributed by atoms with Gasteiger partial charge in [-0.15, -0.1) is 0 Å². The van der Waals surface area contributed by atoms with Crippen LogP contribution in [0.25, 0.3) is 0 Å². The Kier molecular flexibility index (Phi) is 8.22. The lowest BCUT2D eigenvalue weighted by atomic mass is 10.1. The first-order valence-electron chi connectivity index (χ1n) is 6.66. The van der Waals surface area contributed by atoms with Crippen molar-refractivity contribution < 1.29 is 9.53 Å². The van der Waals surface area contributed by atoms with E-state index in [1.807, 2.05) is 0 Å². The van der Waals surface area contributed by atoms with Crippen molar-refractivity contribution in [1.82, 2.24) is 0 Å². The third-order valence-corrected chi connectivity index (χ3v) is 3.97. The van der Waals surface area contributed by atoms with E-state index in [9.17, 15) is 4.79 Å². The molecule has 0 aliphatic rings. The highest BCUT2D eigenvalue weighted by atomic mass is 28.3. The molecule has 0 atom stereocenters. The number of esters is 1.